The molecule has 1 aliphatic heterocycles. The maximum absolute atomic E-state index is 12.7. The second-order valence-corrected chi connectivity index (χ2v) is 6.76. The molecular weight excluding hydrogens is 278 g/mol. The number of fused-ring (bicyclic) bond motifs is 2. The van der Waals surface area contributed by atoms with Crippen molar-refractivity contribution in [3.05, 3.63) is 0 Å². The summed E-state index contributed by atoms with van der Waals surface area (Å²) in [7, 11) is 0. The fraction of sp³-hybridized carbons (Fsp3) is 0.929. The van der Waals surface area contributed by atoms with Gasteiger partial charge in [0.25, 0.3) is 0 Å². The van der Waals surface area contributed by atoms with E-state index in [1.165, 1.54) is 44.9 Å². The summed E-state index contributed by atoms with van der Waals surface area (Å²) in [5, 5.41) is 0.958. The molecule has 3 rings (SSSR count). The van der Waals surface area contributed by atoms with Gasteiger partial charge >= 0.3 is 0 Å². The second kappa shape index (κ2) is 4.91. The van der Waals surface area contributed by atoms with E-state index in [-0.39, 0.29) is 0 Å². The molecule has 4 unspecified atom stereocenters. The van der Waals surface area contributed by atoms with E-state index < -0.39 is 0 Å². The molecule has 2 aliphatic carbocycles. The highest BCUT2D eigenvalue weighted by molar-refractivity contribution is 9.09. The minimum Gasteiger partial charge on any atom is -0.339 e. The van der Waals surface area contributed by atoms with Gasteiger partial charge in [0, 0.05) is 23.8 Å². The minimum atomic E-state index is 0.383. The third-order valence-corrected chi connectivity index (χ3v) is 5.89. The van der Waals surface area contributed by atoms with Crippen molar-refractivity contribution in [1.82, 2.24) is 4.90 Å². The van der Waals surface area contributed by atoms with E-state index in [4.69, 9.17) is 0 Å². The second-order valence-electron chi connectivity index (χ2n) is 6.12. The summed E-state index contributed by atoms with van der Waals surface area (Å²) in [6.07, 6.45) is 8.91. The molecule has 0 spiro atoms. The zero-order valence-corrected chi connectivity index (χ0v) is 12.0. The van der Waals surface area contributed by atoms with Gasteiger partial charge < -0.3 is 4.90 Å². The van der Waals surface area contributed by atoms with Crippen LogP contribution in [0.25, 0.3) is 0 Å². The Morgan fingerprint density at radius 1 is 1.18 bits per heavy atom. The third-order valence-electron chi connectivity index (χ3n) is 5.14. The van der Waals surface area contributed by atoms with Crippen LogP contribution in [0.15, 0.2) is 0 Å². The molecule has 3 fully saturated rings. The largest absolute Gasteiger partial charge is 0.339 e. The van der Waals surface area contributed by atoms with E-state index in [9.17, 15) is 4.79 Å². The van der Waals surface area contributed by atoms with Gasteiger partial charge in [0.05, 0.1) is 0 Å². The van der Waals surface area contributed by atoms with Gasteiger partial charge in [-0.2, -0.15) is 0 Å². The average molecular weight is 300 g/mol. The van der Waals surface area contributed by atoms with Crippen LogP contribution in [-0.2, 0) is 4.79 Å². The van der Waals surface area contributed by atoms with Crippen LogP contribution >= 0.6 is 15.9 Å². The minimum absolute atomic E-state index is 0.383. The Labute approximate surface area is 112 Å². The van der Waals surface area contributed by atoms with Crippen LogP contribution in [0.2, 0.25) is 0 Å². The molecule has 2 saturated carbocycles. The summed E-state index contributed by atoms with van der Waals surface area (Å²) in [5.41, 5.74) is 0. The van der Waals surface area contributed by atoms with Crippen molar-refractivity contribution < 1.29 is 4.79 Å². The first-order valence-corrected chi connectivity index (χ1v) is 8.28. The fourth-order valence-corrected chi connectivity index (χ4v) is 4.88. The Morgan fingerprint density at radius 3 is 2.71 bits per heavy atom. The zero-order valence-electron chi connectivity index (χ0n) is 10.4. The number of nitrogens with zero attached hydrogens (tertiary/aromatic N) is 1. The van der Waals surface area contributed by atoms with Crippen LogP contribution in [-0.4, -0.2) is 28.7 Å². The van der Waals surface area contributed by atoms with Gasteiger partial charge in [0.1, 0.15) is 0 Å². The predicted molar refractivity (Wildman–Crippen MR) is 72.1 cm³/mol. The number of carbonyl (C=O) groups excluding carboxylic acids is 1. The third kappa shape index (κ3) is 2.16. The number of halogens is 1. The van der Waals surface area contributed by atoms with Gasteiger partial charge in [-0.05, 0) is 50.4 Å². The number of piperidine rings is 1. The van der Waals surface area contributed by atoms with Crippen molar-refractivity contribution in [3.63, 3.8) is 0 Å². The highest BCUT2D eigenvalue weighted by atomic mass is 79.9. The van der Waals surface area contributed by atoms with Crippen LogP contribution in [0.5, 0.6) is 0 Å². The average Bonchev–Trinajstić information content (AvgIpc) is 3.00. The van der Waals surface area contributed by atoms with Crippen LogP contribution in [0, 0.1) is 17.8 Å². The Hall–Kier alpha value is -0.0500. The topological polar surface area (TPSA) is 20.3 Å². The molecule has 0 aromatic heterocycles. The Balaban J connectivity index is 1.68. The summed E-state index contributed by atoms with van der Waals surface area (Å²) in [5.74, 6) is 2.47. The lowest BCUT2D eigenvalue weighted by Gasteiger charge is -2.38. The predicted octanol–water partition coefficient (Wildman–Crippen LogP) is 3.20. The van der Waals surface area contributed by atoms with E-state index in [0.29, 0.717) is 17.9 Å². The first kappa shape index (κ1) is 12.0. The molecule has 96 valence electrons. The number of hydrogen-bond acceptors (Lipinski definition) is 1. The van der Waals surface area contributed by atoms with Crippen LogP contribution in [0.4, 0.5) is 0 Å². The van der Waals surface area contributed by atoms with E-state index in [1.807, 2.05) is 0 Å². The number of alkyl halides is 1. The lowest BCUT2D eigenvalue weighted by molar-refractivity contribution is -0.140. The number of likely N-dealkylation sites (tertiary alicyclic amines) is 1. The Kier molecular flexibility index (Phi) is 3.47. The lowest BCUT2D eigenvalue weighted by atomic mass is 9.86. The number of hydrogen-bond donors (Lipinski definition) is 0. The molecule has 2 bridgehead atoms. The molecular formula is C14H22BrNO. The first-order valence-electron chi connectivity index (χ1n) is 7.16. The zero-order chi connectivity index (χ0) is 11.8. The van der Waals surface area contributed by atoms with Gasteiger partial charge in [-0.25, -0.2) is 0 Å². The molecule has 17 heavy (non-hydrogen) atoms. The normalized spacial score (nSPS) is 40.9. The van der Waals surface area contributed by atoms with Crippen LogP contribution < -0.4 is 0 Å². The highest BCUT2D eigenvalue weighted by Gasteiger charge is 2.45. The van der Waals surface area contributed by atoms with E-state index in [0.717, 1.165) is 23.7 Å². The SMILES string of the molecule is O=C(C1CC2CCC1C2)N1CCCCC1CBr. The summed E-state index contributed by atoms with van der Waals surface area (Å²) in [4.78, 5) is 14.9. The summed E-state index contributed by atoms with van der Waals surface area (Å²) >= 11 is 3.58. The van der Waals surface area contributed by atoms with Gasteiger partial charge in [-0.1, -0.05) is 22.4 Å². The molecule has 3 aliphatic rings. The molecule has 0 aromatic rings. The van der Waals surface area contributed by atoms with Crippen molar-refractivity contribution >= 4 is 21.8 Å². The smallest absolute Gasteiger partial charge is 0.226 e. The van der Waals surface area contributed by atoms with E-state index in [2.05, 4.69) is 20.8 Å². The van der Waals surface area contributed by atoms with E-state index in [1.54, 1.807) is 0 Å². The van der Waals surface area contributed by atoms with Crippen molar-refractivity contribution in [2.75, 3.05) is 11.9 Å². The molecule has 1 heterocycles. The number of rotatable bonds is 2. The Morgan fingerprint density at radius 2 is 2.06 bits per heavy atom. The standard InChI is InChI=1S/C14H22BrNO/c15-9-12-3-1-2-6-16(12)14(17)13-8-10-4-5-11(13)7-10/h10-13H,1-9H2. The van der Waals surface area contributed by atoms with Crippen molar-refractivity contribution in [3.8, 4) is 0 Å². The quantitative estimate of drug-likeness (QED) is 0.717. The van der Waals surface area contributed by atoms with Crippen LogP contribution in [0.1, 0.15) is 44.9 Å². The maximum atomic E-state index is 12.7. The number of carbonyl (C=O) groups is 1. The molecule has 3 heteroatoms. The molecule has 1 saturated heterocycles. The van der Waals surface area contributed by atoms with E-state index >= 15 is 0 Å². The molecule has 1 amide bonds. The van der Waals surface area contributed by atoms with Crippen molar-refractivity contribution in [2.45, 2.75) is 51.0 Å². The summed E-state index contributed by atoms with van der Waals surface area (Å²) in [6, 6.07) is 0.468. The first-order chi connectivity index (χ1) is 8.29. The van der Waals surface area contributed by atoms with Gasteiger partial charge in [0.2, 0.25) is 5.91 Å². The highest BCUT2D eigenvalue weighted by Crippen LogP contribution is 2.49. The monoisotopic (exact) mass is 299 g/mol. The maximum Gasteiger partial charge on any atom is 0.226 e. The fourth-order valence-electron chi connectivity index (χ4n) is 4.21. The molecule has 0 aromatic carbocycles. The summed E-state index contributed by atoms with van der Waals surface area (Å²) < 4.78 is 0. The lowest BCUT2D eigenvalue weighted by Crippen LogP contribution is -2.48. The summed E-state index contributed by atoms with van der Waals surface area (Å²) in [6.45, 7) is 1.00. The van der Waals surface area contributed by atoms with Crippen molar-refractivity contribution in [2.24, 2.45) is 17.8 Å². The molecule has 0 N–H and O–H groups in total. The van der Waals surface area contributed by atoms with Crippen molar-refractivity contribution in [1.29, 1.82) is 0 Å². The van der Waals surface area contributed by atoms with Gasteiger partial charge in [0.15, 0.2) is 0 Å². The van der Waals surface area contributed by atoms with Gasteiger partial charge in [-0.15, -0.1) is 0 Å². The molecule has 0 radical (unpaired) electrons. The number of amides is 1. The van der Waals surface area contributed by atoms with Crippen LogP contribution in [0.3, 0.4) is 0 Å². The molecule has 4 atom stereocenters. The molecule has 2 nitrogen and oxygen atoms in total. The Bertz CT molecular complexity index is 307. The van der Waals surface area contributed by atoms with Gasteiger partial charge in [-0.3, -0.25) is 4.79 Å².